The maximum absolute atomic E-state index is 13.4. The highest BCUT2D eigenvalue weighted by Crippen LogP contribution is 2.38. The van der Waals surface area contributed by atoms with Crippen LogP contribution in [0.3, 0.4) is 0 Å². The van der Waals surface area contributed by atoms with Crippen LogP contribution in [-0.2, 0) is 6.54 Å². The molecule has 0 atom stereocenters. The van der Waals surface area contributed by atoms with Crippen molar-refractivity contribution in [3.8, 4) is 11.6 Å². The van der Waals surface area contributed by atoms with Gasteiger partial charge >= 0.3 is 0 Å². The van der Waals surface area contributed by atoms with Crippen molar-refractivity contribution < 1.29 is 9.13 Å². The summed E-state index contributed by atoms with van der Waals surface area (Å²) >= 11 is 3.44. The smallest absolute Gasteiger partial charge is 0.248 e. The van der Waals surface area contributed by atoms with Gasteiger partial charge in [-0.3, -0.25) is 0 Å². The molecule has 1 aliphatic heterocycles. The highest BCUT2D eigenvalue weighted by molar-refractivity contribution is 9.10. The number of halogens is 2. The molecule has 0 spiro atoms. The number of anilines is 3. The lowest BCUT2D eigenvalue weighted by molar-refractivity contribution is 0.462. The zero-order valence-electron chi connectivity index (χ0n) is 12.4. The Morgan fingerprint density at radius 3 is 2.96 bits per heavy atom. The second kappa shape index (κ2) is 6.09. The zero-order valence-corrected chi connectivity index (χ0v) is 14.0. The van der Waals surface area contributed by atoms with Gasteiger partial charge < -0.3 is 15.4 Å². The minimum Gasteiger partial charge on any atom is -0.437 e. The van der Waals surface area contributed by atoms with Crippen molar-refractivity contribution in [2.75, 3.05) is 10.6 Å². The first kappa shape index (κ1) is 14.9. The monoisotopic (exact) mass is 386 g/mol. The molecule has 0 bridgehead atoms. The van der Waals surface area contributed by atoms with Crippen LogP contribution in [0.5, 0.6) is 11.6 Å². The lowest BCUT2D eigenvalue weighted by Crippen LogP contribution is -2.04. The Morgan fingerprint density at radius 1 is 1.17 bits per heavy atom. The summed E-state index contributed by atoms with van der Waals surface area (Å²) < 4.78 is 20.2. The van der Waals surface area contributed by atoms with E-state index in [1.54, 1.807) is 6.07 Å². The molecule has 0 saturated carbocycles. The maximum atomic E-state index is 13.4. The van der Waals surface area contributed by atoms with E-state index in [-0.39, 0.29) is 5.82 Å². The van der Waals surface area contributed by atoms with Gasteiger partial charge in [-0.15, -0.1) is 0 Å². The van der Waals surface area contributed by atoms with Gasteiger partial charge in [-0.05, 0) is 36.4 Å². The molecule has 2 N–H and O–H groups in total. The third kappa shape index (κ3) is 2.90. The van der Waals surface area contributed by atoms with Crippen LogP contribution in [0.1, 0.15) is 5.56 Å². The fraction of sp³-hybridized carbons (Fsp3) is 0.0588. The molecule has 4 rings (SSSR count). The molecule has 5 nitrogen and oxygen atoms in total. The van der Waals surface area contributed by atoms with Crippen LogP contribution in [0.4, 0.5) is 21.6 Å². The van der Waals surface area contributed by atoms with Crippen molar-refractivity contribution in [3.05, 3.63) is 64.6 Å². The Morgan fingerprint density at radius 2 is 2.08 bits per heavy atom. The molecule has 7 heteroatoms. The third-order valence-electron chi connectivity index (χ3n) is 3.58. The molecule has 1 aromatic heterocycles. The van der Waals surface area contributed by atoms with Crippen LogP contribution in [0.25, 0.3) is 0 Å². The molecule has 0 radical (unpaired) electrons. The van der Waals surface area contributed by atoms with E-state index in [9.17, 15) is 4.39 Å². The standard InChI is InChI=1S/C17H12BrFN4O/c18-11-2-1-3-13(7-11)23-16-15-17(22-9-21-16)24-14-5-4-12(19)6-10(14)8-20-15/h1-7,9,20H,8H2,(H,21,22,23). The van der Waals surface area contributed by atoms with Gasteiger partial charge in [0.05, 0.1) is 0 Å². The van der Waals surface area contributed by atoms with Gasteiger partial charge in [0.1, 0.15) is 23.6 Å². The minimum absolute atomic E-state index is 0.302. The molecule has 24 heavy (non-hydrogen) atoms. The second-order valence-electron chi connectivity index (χ2n) is 5.25. The van der Waals surface area contributed by atoms with Gasteiger partial charge in [0.2, 0.25) is 5.88 Å². The zero-order chi connectivity index (χ0) is 16.5. The molecule has 2 aromatic carbocycles. The number of rotatable bonds is 2. The summed E-state index contributed by atoms with van der Waals surface area (Å²) in [6.45, 7) is 0.417. The van der Waals surface area contributed by atoms with Crippen LogP contribution in [0.15, 0.2) is 53.3 Å². The number of nitrogens with zero attached hydrogens (tertiary/aromatic N) is 2. The molecule has 0 saturated heterocycles. The molecule has 3 aromatic rings. The lowest BCUT2D eigenvalue weighted by atomic mass is 10.2. The quantitative estimate of drug-likeness (QED) is 0.659. The summed E-state index contributed by atoms with van der Waals surface area (Å²) in [5.41, 5.74) is 2.23. The average Bonchev–Trinajstić information content (AvgIpc) is 2.74. The first-order valence-electron chi connectivity index (χ1n) is 7.27. The van der Waals surface area contributed by atoms with Crippen LogP contribution >= 0.6 is 15.9 Å². The van der Waals surface area contributed by atoms with Crippen LogP contribution in [0, 0.1) is 5.82 Å². The van der Waals surface area contributed by atoms with Gasteiger partial charge in [-0.2, -0.15) is 4.98 Å². The molecule has 1 aliphatic rings. The van der Waals surface area contributed by atoms with E-state index in [0.29, 0.717) is 29.7 Å². The Labute approximate surface area is 146 Å². The Bertz CT molecular complexity index is 919. The first-order chi connectivity index (χ1) is 11.7. The number of ether oxygens (including phenoxy) is 1. The summed E-state index contributed by atoms with van der Waals surface area (Å²) in [4.78, 5) is 8.47. The average molecular weight is 387 g/mol. The van der Waals surface area contributed by atoms with E-state index in [1.165, 1.54) is 18.5 Å². The summed E-state index contributed by atoms with van der Waals surface area (Å²) in [5, 5.41) is 6.46. The molecule has 0 aliphatic carbocycles. The number of hydrogen-bond donors (Lipinski definition) is 2. The van der Waals surface area contributed by atoms with Gasteiger partial charge in [-0.25, -0.2) is 9.37 Å². The number of hydrogen-bond acceptors (Lipinski definition) is 5. The minimum atomic E-state index is -0.302. The second-order valence-corrected chi connectivity index (χ2v) is 6.16. The molecule has 0 amide bonds. The van der Waals surface area contributed by atoms with Crippen molar-refractivity contribution in [3.63, 3.8) is 0 Å². The maximum Gasteiger partial charge on any atom is 0.248 e. The van der Waals surface area contributed by atoms with E-state index >= 15 is 0 Å². The first-order valence-corrected chi connectivity index (χ1v) is 8.06. The number of benzene rings is 2. The molecule has 0 fully saturated rings. The predicted molar refractivity (Wildman–Crippen MR) is 93.3 cm³/mol. The van der Waals surface area contributed by atoms with E-state index in [2.05, 4.69) is 36.5 Å². The fourth-order valence-electron chi connectivity index (χ4n) is 2.48. The van der Waals surface area contributed by atoms with E-state index < -0.39 is 0 Å². The number of aromatic nitrogens is 2. The summed E-state index contributed by atoms with van der Waals surface area (Å²) in [6, 6.07) is 12.2. The molecular weight excluding hydrogens is 375 g/mol. The fourth-order valence-corrected chi connectivity index (χ4v) is 2.88. The third-order valence-corrected chi connectivity index (χ3v) is 4.08. The SMILES string of the molecule is Fc1ccc2c(c1)CNc1c(Nc3cccc(Br)c3)ncnc1O2. The van der Waals surface area contributed by atoms with Gasteiger partial charge in [0, 0.05) is 22.3 Å². The topological polar surface area (TPSA) is 59.1 Å². The van der Waals surface area contributed by atoms with Crippen LogP contribution in [-0.4, -0.2) is 9.97 Å². The Hall–Kier alpha value is -2.67. The Balaban J connectivity index is 1.70. The normalized spacial score (nSPS) is 12.2. The van der Waals surface area contributed by atoms with Crippen molar-refractivity contribution >= 4 is 33.1 Å². The van der Waals surface area contributed by atoms with Crippen molar-refractivity contribution in [2.24, 2.45) is 0 Å². The summed E-state index contributed by atoms with van der Waals surface area (Å²) in [6.07, 6.45) is 1.43. The van der Waals surface area contributed by atoms with Crippen LogP contribution < -0.4 is 15.4 Å². The Kier molecular flexibility index (Phi) is 3.78. The van der Waals surface area contributed by atoms with Gasteiger partial charge in [-0.1, -0.05) is 22.0 Å². The van der Waals surface area contributed by atoms with Gasteiger partial charge in [0.15, 0.2) is 5.82 Å². The van der Waals surface area contributed by atoms with Crippen LogP contribution in [0.2, 0.25) is 0 Å². The van der Waals surface area contributed by atoms with E-state index in [0.717, 1.165) is 15.7 Å². The molecule has 0 unspecified atom stereocenters. The highest BCUT2D eigenvalue weighted by Gasteiger charge is 2.19. The largest absolute Gasteiger partial charge is 0.437 e. The van der Waals surface area contributed by atoms with E-state index in [4.69, 9.17) is 4.74 Å². The predicted octanol–water partition coefficient (Wildman–Crippen LogP) is 4.84. The molecule has 120 valence electrons. The van der Waals surface area contributed by atoms with Gasteiger partial charge in [0.25, 0.3) is 0 Å². The molecule has 2 heterocycles. The van der Waals surface area contributed by atoms with Crippen molar-refractivity contribution in [2.45, 2.75) is 6.54 Å². The number of nitrogens with one attached hydrogen (secondary N) is 2. The number of fused-ring (bicyclic) bond motifs is 2. The lowest BCUT2D eigenvalue weighted by Gasteiger charge is -2.12. The van der Waals surface area contributed by atoms with Crippen molar-refractivity contribution in [1.82, 2.24) is 9.97 Å². The highest BCUT2D eigenvalue weighted by atomic mass is 79.9. The van der Waals surface area contributed by atoms with E-state index in [1.807, 2.05) is 24.3 Å². The summed E-state index contributed by atoms with van der Waals surface area (Å²) in [5.74, 6) is 1.26. The van der Waals surface area contributed by atoms with Crippen molar-refractivity contribution in [1.29, 1.82) is 0 Å². The summed E-state index contributed by atoms with van der Waals surface area (Å²) in [7, 11) is 0. The molecular formula is C17H12BrFN4O.